The third kappa shape index (κ3) is 6.42. The molecule has 11 heteroatoms. The Morgan fingerprint density at radius 2 is 2.13 bits per heavy atom. The molecule has 1 atom stereocenters. The number of nitrogens with one attached hydrogen (secondary N) is 2. The fraction of sp³-hybridized carbons (Fsp3) is 0.214. The number of β-amino-alcohol motifs (C(OH)–C–C–N with tert-alkyl or cyclic N) is 1. The first kappa shape index (κ1) is 26.3. The van der Waals surface area contributed by atoms with Gasteiger partial charge in [-0.1, -0.05) is 29.8 Å². The van der Waals surface area contributed by atoms with Gasteiger partial charge in [0.1, 0.15) is 30.3 Å². The van der Waals surface area contributed by atoms with Crippen LogP contribution in [0.2, 0.25) is 5.02 Å². The van der Waals surface area contributed by atoms with Gasteiger partial charge in [-0.3, -0.25) is 5.41 Å². The second kappa shape index (κ2) is 11.6. The van der Waals surface area contributed by atoms with Crippen LogP contribution in [0.5, 0.6) is 5.75 Å². The molecular formula is C28H27ClFN7O2. The second-order valence-corrected chi connectivity index (χ2v) is 9.58. The van der Waals surface area contributed by atoms with Crippen LogP contribution >= 0.6 is 11.6 Å². The quantitative estimate of drug-likeness (QED) is 0.169. The van der Waals surface area contributed by atoms with Crippen molar-refractivity contribution in [1.82, 2.24) is 19.9 Å². The van der Waals surface area contributed by atoms with Gasteiger partial charge in [0.15, 0.2) is 0 Å². The molecule has 3 aromatic carbocycles. The van der Waals surface area contributed by atoms with Gasteiger partial charge in [0, 0.05) is 31.2 Å². The molecule has 1 aliphatic heterocycles. The highest BCUT2D eigenvalue weighted by Crippen LogP contribution is 2.31. The van der Waals surface area contributed by atoms with Crippen molar-refractivity contribution in [3.8, 4) is 5.75 Å². The molecule has 4 aromatic rings. The summed E-state index contributed by atoms with van der Waals surface area (Å²) in [5.74, 6) is 0.986. The summed E-state index contributed by atoms with van der Waals surface area (Å²) in [6, 6.07) is 17.2. The molecule has 0 saturated carbocycles. The van der Waals surface area contributed by atoms with Gasteiger partial charge in [0.2, 0.25) is 5.96 Å². The second-order valence-electron chi connectivity index (χ2n) is 9.17. The van der Waals surface area contributed by atoms with Crippen LogP contribution in [-0.2, 0) is 6.61 Å². The summed E-state index contributed by atoms with van der Waals surface area (Å²) < 4.78 is 19.2. The molecule has 200 valence electrons. The van der Waals surface area contributed by atoms with Crippen molar-refractivity contribution in [3.63, 3.8) is 0 Å². The number of fused-ring (bicyclic) bond motifs is 1. The van der Waals surface area contributed by atoms with E-state index in [-0.39, 0.29) is 18.4 Å². The van der Waals surface area contributed by atoms with E-state index in [2.05, 4.69) is 20.4 Å². The zero-order valence-electron chi connectivity index (χ0n) is 21.2. The van der Waals surface area contributed by atoms with Crippen LogP contribution in [0.3, 0.4) is 0 Å². The smallest absolute Gasteiger partial charge is 0.214 e. The van der Waals surface area contributed by atoms with Crippen LogP contribution < -0.4 is 10.1 Å². The Kier molecular flexibility index (Phi) is 7.85. The van der Waals surface area contributed by atoms with Crippen molar-refractivity contribution in [2.75, 3.05) is 25.5 Å². The molecule has 5 rings (SSSR count). The Morgan fingerprint density at radius 3 is 2.90 bits per heavy atom. The number of benzene rings is 3. The first-order valence-corrected chi connectivity index (χ1v) is 12.7. The normalized spacial score (nSPS) is 15.2. The van der Waals surface area contributed by atoms with Gasteiger partial charge in [0.05, 0.1) is 22.9 Å². The number of aliphatic hydroxyl groups is 1. The summed E-state index contributed by atoms with van der Waals surface area (Å²) in [7, 11) is 1.70. The molecule has 1 aromatic heterocycles. The summed E-state index contributed by atoms with van der Waals surface area (Å²) in [4.78, 5) is 10.6. The van der Waals surface area contributed by atoms with Crippen LogP contribution in [-0.4, -0.2) is 63.4 Å². The van der Waals surface area contributed by atoms with Gasteiger partial charge in [-0.2, -0.15) is 5.10 Å². The molecule has 1 aliphatic rings. The number of guanidine groups is 1. The molecule has 0 amide bonds. The molecule has 2 heterocycles. The van der Waals surface area contributed by atoms with E-state index in [9.17, 15) is 9.50 Å². The predicted molar refractivity (Wildman–Crippen MR) is 150 cm³/mol. The molecule has 0 aliphatic carbocycles. The number of anilines is 2. The molecule has 0 bridgehead atoms. The molecule has 0 radical (unpaired) electrons. The van der Waals surface area contributed by atoms with Crippen molar-refractivity contribution in [3.05, 3.63) is 89.0 Å². The number of aliphatic hydroxyl groups excluding tert-OH is 1. The van der Waals surface area contributed by atoms with Crippen molar-refractivity contribution in [2.45, 2.75) is 19.1 Å². The number of halogens is 2. The molecular weight excluding hydrogens is 521 g/mol. The Labute approximate surface area is 230 Å². The summed E-state index contributed by atoms with van der Waals surface area (Å²) in [6.07, 6.45) is 3.39. The summed E-state index contributed by atoms with van der Waals surface area (Å²) in [5.41, 5.74) is 2.97. The first-order chi connectivity index (χ1) is 18.9. The van der Waals surface area contributed by atoms with E-state index >= 15 is 0 Å². The maximum absolute atomic E-state index is 13.4. The van der Waals surface area contributed by atoms with Crippen LogP contribution in [0.25, 0.3) is 10.9 Å². The molecule has 1 fully saturated rings. The molecule has 3 N–H and O–H groups in total. The minimum absolute atomic E-state index is 0.194. The van der Waals surface area contributed by atoms with E-state index in [1.807, 2.05) is 24.3 Å². The third-order valence-electron chi connectivity index (χ3n) is 6.29. The minimum Gasteiger partial charge on any atom is -0.487 e. The maximum atomic E-state index is 13.4. The standard InChI is InChI=1S/C28H27ClFN7O2/c1-36(28(31)37-10-9-22(38)15-37)34-14-18-5-7-25-23(12-18)27(33-17-32-25)35-21-6-8-26(24(29)13-21)39-16-19-3-2-4-20(30)11-19/h2-8,11-14,17,22,31,38H,9-10,15-16H2,1H3,(H,32,33,35). The van der Waals surface area contributed by atoms with E-state index in [0.29, 0.717) is 47.4 Å². The van der Waals surface area contributed by atoms with Gasteiger partial charge in [-0.15, -0.1) is 0 Å². The van der Waals surface area contributed by atoms with E-state index in [1.54, 1.807) is 42.4 Å². The molecule has 39 heavy (non-hydrogen) atoms. The number of likely N-dealkylation sites (tertiary alicyclic amines) is 1. The van der Waals surface area contributed by atoms with Crippen molar-refractivity contribution < 1.29 is 14.2 Å². The van der Waals surface area contributed by atoms with Gasteiger partial charge < -0.3 is 20.1 Å². The SMILES string of the molecule is CN(N=Cc1ccc2ncnc(Nc3ccc(OCc4cccc(F)c4)c(Cl)c3)c2c1)C(=N)N1CCC(O)C1. The molecule has 9 nitrogen and oxygen atoms in total. The predicted octanol–water partition coefficient (Wildman–Crippen LogP) is 5.01. The van der Waals surface area contributed by atoms with Crippen LogP contribution in [0, 0.1) is 11.2 Å². The van der Waals surface area contributed by atoms with Crippen LogP contribution in [0.1, 0.15) is 17.5 Å². The average Bonchev–Trinajstić information content (AvgIpc) is 3.37. The van der Waals surface area contributed by atoms with Gasteiger partial charge in [-0.05, 0) is 60.0 Å². The summed E-state index contributed by atoms with van der Waals surface area (Å²) in [6.45, 7) is 1.26. The minimum atomic E-state index is -0.409. The third-order valence-corrected chi connectivity index (χ3v) is 6.58. The molecule has 1 unspecified atom stereocenters. The maximum Gasteiger partial charge on any atom is 0.214 e. The lowest BCUT2D eigenvalue weighted by atomic mass is 10.1. The van der Waals surface area contributed by atoms with Gasteiger partial charge in [0.25, 0.3) is 0 Å². The number of aromatic nitrogens is 2. The zero-order valence-corrected chi connectivity index (χ0v) is 21.9. The Balaban J connectivity index is 1.29. The Bertz CT molecular complexity index is 1530. The average molecular weight is 548 g/mol. The van der Waals surface area contributed by atoms with Crippen LogP contribution in [0.15, 0.2) is 72.1 Å². The highest BCUT2D eigenvalue weighted by Gasteiger charge is 2.24. The van der Waals surface area contributed by atoms with Gasteiger partial charge in [-0.25, -0.2) is 19.4 Å². The summed E-state index contributed by atoms with van der Waals surface area (Å²) in [5, 5.41) is 28.4. The number of hydrogen-bond donors (Lipinski definition) is 3. The highest BCUT2D eigenvalue weighted by atomic mass is 35.5. The molecule has 0 spiro atoms. The van der Waals surface area contributed by atoms with Crippen LogP contribution in [0.4, 0.5) is 15.9 Å². The Morgan fingerprint density at radius 1 is 1.26 bits per heavy atom. The monoisotopic (exact) mass is 547 g/mol. The van der Waals surface area contributed by atoms with Crippen molar-refractivity contribution in [2.24, 2.45) is 5.10 Å². The molecule has 1 saturated heterocycles. The fourth-order valence-electron chi connectivity index (χ4n) is 4.22. The zero-order chi connectivity index (χ0) is 27.4. The Hall–Kier alpha value is -4.28. The number of nitrogens with zero attached hydrogens (tertiary/aromatic N) is 5. The van der Waals surface area contributed by atoms with E-state index < -0.39 is 6.10 Å². The topological polar surface area (TPSA) is 110 Å². The van der Waals surface area contributed by atoms with E-state index in [4.69, 9.17) is 21.7 Å². The number of hydrazone groups is 1. The van der Waals surface area contributed by atoms with Gasteiger partial charge >= 0.3 is 0 Å². The lowest BCUT2D eigenvalue weighted by Crippen LogP contribution is -2.38. The largest absolute Gasteiger partial charge is 0.487 e. The fourth-order valence-corrected chi connectivity index (χ4v) is 4.46. The number of rotatable bonds is 7. The van der Waals surface area contributed by atoms with E-state index in [1.165, 1.54) is 23.5 Å². The van der Waals surface area contributed by atoms with Crippen molar-refractivity contribution in [1.29, 1.82) is 5.41 Å². The van der Waals surface area contributed by atoms with Crippen molar-refractivity contribution >= 4 is 46.2 Å². The van der Waals surface area contributed by atoms with E-state index in [0.717, 1.165) is 16.5 Å². The number of hydrogen-bond acceptors (Lipinski definition) is 7. The lowest BCUT2D eigenvalue weighted by molar-refractivity contribution is 0.186. The highest BCUT2D eigenvalue weighted by molar-refractivity contribution is 6.32. The first-order valence-electron chi connectivity index (χ1n) is 12.3. The lowest BCUT2D eigenvalue weighted by Gasteiger charge is -2.23. The summed E-state index contributed by atoms with van der Waals surface area (Å²) >= 11 is 6.46. The number of ether oxygens (including phenoxy) is 1.